The summed E-state index contributed by atoms with van der Waals surface area (Å²) < 4.78 is 0. The molecule has 22 heavy (non-hydrogen) atoms. The highest BCUT2D eigenvalue weighted by Crippen LogP contribution is 2.25. The molecule has 0 radical (unpaired) electrons. The molecule has 1 amide bonds. The van der Waals surface area contributed by atoms with Crippen LogP contribution in [0.1, 0.15) is 23.3 Å². The van der Waals surface area contributed by atoms with Gasteiger partial charge in [-0.2, -0.15) is 0 Å². The van der Waals surface area contributed by atoms with E-state index in [2.05, 4.69) is 10.3 Å². The molecule has 2 rings (SSSR count). The van der Waals surface area contributed by atoms with Crippen LogP contribution in [-0.4, -0.2) is 42.6 Å². The summed E-state index contributed by atoms with van der Waals surface area (Å²) in [6.45, 7) is 0.316. The highest BCUT2D eigenvalue weighted by atomic mass is 16.4. The number of para-hydroxylation sites is 1. The van der Waals surface area contributed by atoms with Gasteiger partial charge in [-0.05, 0) is 18.6 Å². The molecule has 0 unspecified atom stereocenters. The number of aliphatic carboxylic acids is 1. The van der Waals surface area contributed by atoms with Crippen molar-refractivity contribution in [2.45, 2.75) is 12.8 Å². The minimum Gasteiger partial charge on any atom is -0.481 e. The molecule has 0 bridgehead atoms. The lowest BCUT2D eigenvalue weighted by atomic mass is 10.1. The Hall–Kier alpha value is -2.63. The summed E-state index contributed by atoms with van der Waals surface area (Å²) in [5, 5.41) is 12.3. The van der Waals surface area contributed by atoms with Crippen LogP contribution in [0.5, 0.6) is 0 Å². The summed E-state index contributed by atoms with van der Waals surface area (Å²) in [6, 6.07) is 9.39. The van der Waals surface area contributed by atoms with E-state index in [4.69, 9.17) is 5.11 Å². The number of carboxylic acids is 1. The van der Waals surface area contributed by atoms with E-state index in [-0.39, 0.29) is 12.3 Å². The summed E-state index contributed by atoms with van der Waals surface area (Å²) in [6.07, 6.45) is 0.434. The molecule has 1 aromatic carbocycles. The average Bonchev–Trinajstić information content (AvgIpc) is 2.49. The SMILES string of the molecule is CN(C)c1cc(C(=O)NCCCC(=O)O)nc2ccccc12. The van der Waals surface area contributed by atoms with Crippen molar-refractivity contribution in [3.63, 3.8) is 0 Å². The van der Waals surface area contributed by atoms with Gasteiger partial charge in [0.1, 0.15) is 5.69 Å². The molecule has 0 fully saturated rings. The predicted molar refractivity (Wildman–Crippen MR) is 85.3 cm³/mol. The number of carbonyl (C=O) groups is 2. The zero-order valence-electron chi connectivity index (χ0n) is 12.7. The van der Waals surface area contributed by atoms with Gasteiger partial charge in [0.2, 0.25) is 0 Å². The maximum absolute atomic E-state index is 12.2. The number of anilines is 1. The van der Waals surface area contributed by atoms with Crippen molar-refractivity contribution in [3.8, 4) is 0 Å². The number of benzene rings is 1. The van der Waals surface area contributed by atoms with Crippen LogP contribution in [0.25, 0.3) is 10.9 Å². The van der Waals surface area contributed by atoms with Crippen molar-refractivity contribution in [3.05, 3.63) is 36.0 Å². The van der Waals surface area contributed by atoms with Crippen molar-refractivity contribution in [1.82, 2.24) is 10.3 Å². The standard InChI is InChI=1S/C16H19N3O3/c1-19(2)14-10-13(16(22)17-9-5-8-15(20)21)18-12-7-4-3-6-11(12)14/h3-4,6-7,10H,5,8-9H2,1-2H3,(H,17,22)(H,20,21). The van der Waals surface area contributed by atoms with Crippen LogP contribution in [0.4, 0.5) is 5.69 Å². The smallest absolute Gasteiger partial charge is 0.303 e. The molecule has 1 aromatic heterocycles. The van der Waals surface area contributed by atoms with Crippen LogP contribution in [0.2, 0.25) is 0 Å². The third kappa shape index (κ3) is 3.72. The van der Waals surface area contributed by atoms with E-state index in [0.29, 0.717) is 18.7 Å². The molecule has 0 aliphatic carbocycles. The molecule has 2 N–H and O–H groups in total. The molecule has 2 aromatic rings. The molecule has 0 saturated heterocycles. The molecule has 116 valence electrons. The van der Waals surface area contributed by atoms with Gasteiger partial charge in [0, 0.05) is 38.1 Å². The molecule has 0 atom stereocenters. The Kier molecular flexibility index (Phi) is 4.93. The first-order valence-corrected chi connectivity index (χ1v) is 7.06. The van der Waals surface area contributed by atoms with Crippen LogP contribution >= 0.6 is 0 Å². The van der Waals surface area contributed by atoms with Gasteiger partial charge in [-0.15, -0.1) is 0 Å². The second-order valence-electron chi connectivity index (χ2n) is 5.19. The van der Waals surface area contributed by atoms with Crippen molar-refractivity contribution >= 4 is 28.5 Å². The number of hydrogen-bond acceptors (Lipinski definition) is 4. The summed E-state index contributed by atoms with van der Waals surface area (Å²) in [5.74, 6) is -1.16. The highest BCUT2D eigenvalue weighted by Gasteiger charge is 2.12. The molecule has 0 saturated carbocycles. The van der Waals surface area contributed by atoms with E-state index >= 15 is 0 Å². The number of hydrogen-bond donors (Lipinski definition) is 2. The number of pyridine rings is 1. The fourth-order valence-electron chi connectivity index (χ4n) is 2.18. The summed E-state index contributed by atoms with van der Waals surface area (Å²) >= 11 is 0. The predicted octanol–water partition coefficient (Wildman–Crippen LogP) is 1.90. The van der Waals surface area contributed by atoms with E-state index in [1.807, 2.05) is 43.3 Å². The van der Waals surface area contributed by atoms with Gasteiger partial charge in [0.15, 0.2) is 0 Å². The molecule has 0 spiro atoms. The monoisotopic (exact) mass is 301 g/mol. The first-order chi connectivity index (χ1) is 10.5. The number of aromatic nitrogens is 1. The van der Waals surface area contributed by atoms with E-state index < -0.39 is 5.97 Å². The van der Waals surface area contributed by atoms with Gasteiger partial charge in [-0.1, -0.05) is 18.2 Å². The van der Waals surface area contributed by atoms with Gasteiger partial charge >= 0.3 is 5.97 Å². The van der Waals surface area contributed by atoms with Gasteiger partial charge in [0.25, 0.3) is 5.91 Å². The zero-order valence-corrected chi connectivity index (χ0v) is 12.7. The van der Waals surface area contributed by atoms with Crippen molar-refractivity contribution in [1.29, 1.82) is 0 Å². The van der Waals surface area contributed by atoms with Crippen molar-refractivity contribution in [2.24, 2.45) is 0 Å². The van der Waals surface area contributed by atoms with E-state index in [0.717, 1.165) is 16.6 Å². The van der Waals surface area contributed by atoms with E-state index in [1.54, 1.807) is 6.07 Å². The molecule has 1 heterocycles. The fraction of sp³-hybridized carbons (Fsp3) is 0.312. The molecule has 6 nitrogen and oxygen atoms in total. The van der Waals surface area contributed by atoms with Crippen LogP contribution in [0, 0.1) is 0 Å². The summed E-state index contributed by atoms with van der Waals surface area (Å²) in [4.78, 5) is 28.9. The Morgan fingerprint density at radius 2 is 2.00 bits per heavy atom. The van der Waals surface area contributed by atoms with Crippen molar-refractivity contribution in [2.75, 3.05) is 25.5 Å². The Balaban J connectivity index is 2.20. The lowest BCUT2D eigenvalue weighted by molar-refractivity contribution is -0.137. The molecule has 0 aliphatic heterocycles. The van der Waals surface area contributed by atoms with Crippen LogP contribution < -0.4 is 10.2 Å². The zero-order chi connectivity index (χ0) is 16.1. The Bertz CT molecular complexity index is 698. The third-order valence-electron chi connectivity index (χ3n) is 3.26. The summed E-state index contributed by atoms with van der Waals surface area (Å²) in [7, 11) is 3.83. The molecular formula is C16H19N3O3. The average molecular weight is 301 g/mol. The van der Waals surface area contributed by atoms with Crippen LogP contribution in [0.15, 0.2) is 30.3 Å². The second-order valence-corrected chi connectivity index (χ2v) is 5.19. The summed E-state index contributed by atoms with van der Waals surface area (Å²) in [5.41, 5.74) is 2.00. The number of carboxylic acid groups (broad SMARTS) is 1. The Morgan fingerprint density at radius 3 is 2.68 bits per heavy atom. The Morgan fingerprint density at radius 1 is 1.27 bits per heavy atom. The second kappa shape index (κ2) is 6.89. The van der Waals surface area contributed by atoms with Gasteiger partial charge in [-0.25, -0.2) is 4.98 Å². The number of amides is 1. The van der Waals surface area contributed by atoms with Gasteiger partial charge < -0.3 is 15.3 Å². The minimum absolute atomic E-state index is 0.0361. The third-order valence-corrected chi connectivity index (χ3v) is 3.26. The maximum Gasteiger partial charge on any atom is 0.303 e. The lowest BCUT2D eigenvalue weighted by Gasteiger charge is -2.16. The van der Waals surface area contributed by atoms with Crippen LogP contribution in [0.3, 0.4) is 0 Å². The maximum atomic E-state index is 12.2. The quantitative estimate of drug-likeness (QED) is 0.796. The number of fused-ring (bicyclic) bond motifs is 1. The fourth-order valence-corrected chi connectivity index (χ4v) is 2.18. The van der Waals surface area contributed by atoms with Crippen molar-refractivity contribution < 1.29 is 14.7 Å². The number of nitrogens with one attached hydrogen (secondary N) is 1. The molecule has 0 aliphatic rings. The van der Waals surface area contributed by atoms with E-state index in [9.17, 15) is 9.59 Å². The van der Waals surface area contributed by atoms with E-state index in [1.165, 1.54) is 0 Å². The van der Waals surface area contributed by atoms with Gasteiger partial charge in [-0.3, -0.25) is 9.59 Å². The minimum atomic E-state index is -0.868. The lowest BCUT2D eigenvalue weighted by Crippen LogP contribution is -2.26. The molecular weight excluding hydrogens is 282 g/mol. The normalized spacial score (nSPS) is 10.5. The highest BCUT2D eigenvalue weighted by molar-refractivity contribution is 5.99. The van der Waals surface area contributed by atoms with Crippen LogP contribution in [-0.2, 0) is 4.79 Å². The largest absolute Gasteiger partial charge is 0.481 e. The number of nitrogens with zero attached hydrogens (tertiary/aromatic N) is 2. The first-order valence-electron chi connectivity index (χ1n) is 7.06. The molecule has 6 heteroatoms. The number of carbonyl (C=O) groups excluding carboxylic acids is 1. The number of rotatable bonds is 6. The topological polar surface area (TPSA) is 82.5 Å². The Labute approximate surface area is 128 Å². The first kappa shape index (κ1) is 15.8. The van der Waals surface area contributed by atoms with Gasteiger partial charge in [0.05, 0.1) is 5.52 Å².